The van der Waals surface area contributed by atoms with Gasteiger partial charge in [-0.1, -0.05) is 48.0 Å². The third-order valence-corrected chi connectivity index (χ3v) is 5.36. The molecule has 0 fully saturated rings. The highest BCUT2D eigenvalue weighted by atomic mass is 32.2. The molecule has 0 radical (unpaired) electrons. The van der Waals surface area contributed by atoms with E-state index < -0.39 is 10.0 Å². The van der Waals surface area contributed by atoms with Gasteiger partial charge in [0.05, 0.1) is 17.1 Å². The van der Waals surface area contributed by atoms with Crippen LogP contribution >= 0.6 is 0 Å². The molecule has 3 aromatic rings. The van der Waals surface area contributed by atoms with Gasteiger partial charge in [0.1, 0.15) is 0 Å². The van der Waals surface area contributed by atoms with Crippen LogP contribution in [0, 0.1) is 6.92 Å². The van der Waals surface area contributed by atoms with E-state index in [1.54, 1.807) is 30.3 Å². The molecule has 134 valence electrons. The predicted molar refractivity (Wildman–Crippen MR) is 100 cm³/mol. The van der Waals surface area contributed by atoms with Crippen LogP contribution in [0.1, 0.15) is 5.56 Å². The summed E-state index contributed by atoms with van der Waals surface area (Å²) in [4.78, 5) is 12.2. The van der Waals surface area contributed by atoms with Crippen molar-refractivity contribution in [3.8, 4) is 11.3 Å². The van der Waals surface area contributed by atoms with E-state index >= 15 is 0 Å². The first-order valence-electron chi connectivity index (χ1n) is 8.16. The van der Waals surface area contributed by atoms with Gasteiger partial charge in [-0.3, -0.25) is 4.79 Å². The minimum absolute atomic E-state index is 0.0708. The molecule has 1 heterocycles. The molecule has 0 aliphatic carbocycles. The number of hydrogen-bond donors (Lipinski definition) is 1. The predicted octanol–water partition coefficient (Wildman–Crippen LogP) is 2.20. The van der Waals surface area contributed by atoms with E-state index in [9.17, 15) is 13.2 Å². The second kappa shape index (κ2) is 7.63. The summed E-state index contributed by atoms with van der Waals surface area (Å²) in [6, 6.07) is 19.2. The number of rotatable bonds is 6. The van der Waals surface area contributed by atoms with Crippen molar-refractivity contribution in [1.82, 2.24) is 14.5 Å². The zero-order valence-electron chi connectivity index (χ0n) is 14.3. The number of nitrogens with zero attached hydrogens (tertiary/aromatic N) is 2. The number of aromatic nitrogens is 2. The van der Waals surface area contributed by atoms with Crippen molar-refractivity contribution in [2.24, 2.45) is 0 Å². The Balaban J connectivity index is 1.72. The first-order chi connectivity index (χ1) is 12.5. The van der Waals surface area contributed by atoms with Crippen LogP contribution in [0.3, 0.4) is 0 Å². The van der Waals surface area contributed by atoms with E-state index in [4.69, 9.17) is 0 Å². The van der Waals surface area contributed by atoms with E-state index in [1.807, 2.05) is 37.3 Å². The molecule has 1 N–H and O–H groups in total. The Morgan fingerprint density at radius 2 is 1.65 bits per heavy atom. The second-order valence-corrected chi connectivity index (χ2v) is 7.62. The molecule has 3 rings (SSSR count). The zero-order chi connectivity index (χ0) is 18.6. The Kier molecular flexibility index (Phi) is 5.29. The zero-order valence-corrected chi connectivity index (χ0v) is 15.1. The van der Waals surface area contributed by atoms with Crippen molar-refractivity contribution in [3.63, 3.8) is 0 Å². The topological polar surface area (TPSA) is 81.1 Å². The second-order valence-electron chi connectivity index (χ2n) is 5.86. The summed E-state index contributed by atoms with van der Waals surface area (Å²) in [5.74, 6) is 0. The van der Waals surface area contributed by atoms with Gasteiger partial charge in [-0.05, 0) is 25.1 Å². The van der Waals surface area contributed by atoms with Gasteiger partial charge in [0.25, 0.3) is 5.56 Å². The van der Waals surface area contributed by atoms with Gasteiger partial charge in [-0.2, -0.15) is 5.10 Å². The average molecular weight is 369 g/mol. The van der Waals surface area contributed by atoms with Crippen molar-refractivity contribution in [2.75, 3.05) is 6.54 Å². The van der Waals surface area contributed by atoms with Gasteiger partial charge < -0.3 is 0 Å². The van der Waals surface area contributed by atoms with Gasteiger partial charge in [-0.15, -0.1) is 0 Å². The van der Waals surface area contributed by atoms with Gasteiger partial charge >= 0.3 is 0 Å². The Morgan fingerprint density at radius 3 is 2.35 bits per heavy atom. The van der Waals surface area contributed by atoms with Crippen molar-refractivity contribution in [2.45, 2.75) is 18.4 Å². The molecule has 0 amide bonds. The minimum Gasteiger partial charge on any atom is -0.268 e. The minimum atomic E-state index is -3.62. The standard InChI is InChI=1S/C19H19N3O3S/c1-15-7-9-17(10-8-15)26(24,25)20-13-14-22-19(23)12-11-18(21-22)16-5-3-2-4-6-16/h2-12,20H,13-14H2,1H3. The lowest BCUT2D eigenvalue weighted by Gasteiger charge is -2.09. The van der Waals surface area contributed by atoms with Gasteiger partial charge in [0.15, 0.2) is 0 Å². The third kappa shape index (κ3) is 4.25. The van der Waals surface area contributed by atoms with Crippen LogP contribution in [-0.4, -0.2) is 24.7 Å². The molecule has 0 unspecified atom stereocenters. The van der Waals surface area contributed by atoms with Crippen LogP contribution in [0.4, 0.5) is 0 Å². The smallest absolute Gasteiger partial charge is 0.266 e. The van der Waals surface area contributed by atoms with E-state index in [-0.39, 0.29) is 23.5 Å². The fourth-order valence-electron chi connectivity index (χ4n) is 2.46. The van der Waals surface area contributed by atoms with E-state index in [0.29, 0.717) is 5.69 Å². The molecule has 1 aromatic heterocycles. The highest BCUT2D eigenvalue weighted by Gasteiger charge is 2.13. The first-order valence-corrected chi connectivity index (χ1v) is 9.64. The number of sulfonamides is 1. The van der Waals surface area contributed by atoms with Crippen molar-refractivity contribution in [1.29, 1.82) is 0 Å². The van der Waals surface area contributed by atoms with Crippen LogP contribution in [0.15, 0.2) is 76.4 Å². The summed E-state index contributed by atoms with van der Waals surface area (Å²) in [5.41, 5.74) is 2.25. The Morgan fingerprint density at radius 1 is 0.962 bits per heavy atom. The van der Waals surface area contributed by atoms with Crippen molar-refractivity contribution >= 4 is 10.0 Å². The van der Waals surface area contributed by atoms with Crippen molar-refractivity contribution in [3.05, 3.63) is 82.6 Å². The molecule has 0 aliphatic rings. The number of nitrogens with one attached hydrogen (secondary N) is 1. The summed E-state index contributed by atoms with van der Waals surface area (Å²) in [7, 11) is -3.62. The maximum Gasteiger partial charge on any atom is 0.266 e. The molecule has 0 saturated heterocycles. The Bertz CT molecular complexity index is 1040. The van der Waals surface area contributed by atoms with E-state index in [1.165, 1.54) is 10.7 Å². The van der Waals surface area contributed by atoms with Crippen LogP contribution in [0.2, 0.25) is 0 Å². The van der Waals surface area contributed by atoms with Gasteiger partial charge in [0.2, 0.25) is 10.0 Å². The lowest BCUT2D eigenvalue weighted by molar-refractivity contribution is 0.549. The fraction of sp³-hybridized carbons (Fsp3) is 0.158. The lowest BCUT2D eigenvalue weighted by Crippen LogP contribution is -2.32. The average Bonchev–Trinajstić information content (AvgIpc) is 2.64. The monoisotopic (exact) mass is 369 g/mol. The quantitative estimate of drug-likeness (QED) is 0.722. The summed E-state index contributed by atoms with van der Waals surface area (Å²) in [6.07, 6.45) is 0. The Labute approximate surface area is 152 Å². The highest BCUT2D eigenvalue weighted by molar-refractivity contribution is 7.89. The summed E-state index contributed by atoms with van der Waals surface area (Å²) >= 11 is 0. The molecule has 2 aromatic carbocycles. The largest absolute Gasteiger partial charge is 0.268 e. The molecular formula is C19H19N3O3S. The lowest BCUT2D eigenvalue weighted by atomic mass is 10.1. The molecule has 0 saturated carbocycles. The molecule has 7 heteroatoms. The SMILES string of the molecule is Cc1ccc(S(=O)(=O)NCCn2nc(-c3ccccc3)ccc2=O)cc1. The normalized spacial score (nSPS) is 11.4. The fourth-order valence-corrected chi connectivity index (χ4v) is 3.48. The Hall–Kier alpha value is -2.77. The highest BCUT2D eigenvalue weighted by Crippen LogP contribution is 2.14. The summed E-state index contributed by atoms with van der Waals surface area (Å²) in [6.45, 7) is 2.10. The van der Waals surface area contributed by atoms with Crippen molar-refractivity contribution < 1.29 is 8.42 Å². The number of aryl methyl sites for hydroxylation is 1. The van der Waals surface area contributed by atoms with Crippen LogP contribution < -0.4 is 10.3 Å². The molecule has 6 nitrogen and oxygen atoms in total. The van der Waals surface area contributed by atoms with Crippen LogP contribution in [0.25, 0.3) is 11.3 Å². The third-order valence-electron chi connectivity index (χ3n) is 3.88. The first kappa shape index (κ1) is 18.0. The summed E-state index contributed by atoms with van der Waals surface area (Å²) in [5, 5.41) is 4.32. The maximum absolute atomic E-state index is 12.3. The van der Waals surface area contributed by atoms with Crippen LogP contribution in [-0.2, 0) is 16.6 Å². The van der Waals surface area contributed by atoms with E-state index in [2.05, 4.69) is 9.82 Å². The maximum atomic E-state index is 12.3. The molecular weight excluding hydrogens is 350 g/mol. The van der Waals surface area contributed by atoms with Crippen LogP contribution in [0.5, 0.6) is 0 Å². The molecule has 26 heavy (non-hydrogen) atoms. The van der Waals surface area contributed by atoms with Gasteiger partial charge in [0, 0.05) is 18.2 Å². The number of hydrogen-bond acceptors (Lipinski definition) is 4. The molecule has 0 atom stereocenters. The number of benzene rings is 2. The van der Waals surface area contributed by atoms with Gasteiger partial charge in [-0.25, -0.2) is 17.8 Å². The molecule has 0 bridgehead atoms. The molecule has 0 spiro atoms. The molecule has 0 aliphatic heterocycles. The summed E-state index contributed by atoms with van der Waals surface area (Å²) < 4.78 is 28.3. The van der Waals surface area contributed by atoms with E-state index in [0.717, 1.165) is 11.1 Å².